The predicted octanol–water partition coefficient (Wildman–Crippen LogP) is 3.50. The van der Waals surface area contributed by atoms with Crippen molar-refractivity contribution < 1.29 is 4.74 Å². The van der Waals surface area contributed by atoms with Crippen molar-refractivity contribution in [2.45, 2.75) is 18.9 Å². The van der Waals surface area contributed by atoms with Crippen molar-refractivity contribution in [3.8, 4) is 16.9 Å². The van der Waals surface area contributed by atoms with Crippen LogP contribution in [0.15, 0.2) is 54.6 Å². The Morgan fingerprint density at radius 1 is 0.842 bits per heavy atom. The van der Waals surface area contributed by atoms with Gasteiger partial charge in [0.25, 0.3) is 0 Å². The predicted molar refractivity (Wildman–Crippen MR) is 77.4 cm³/mol. The zero-order valence-electron chi connectivity index (χ0n) is 11.0. The first kappa shape index (κ1) is 12.2. The highest BCUT2D eigenvalue weighted by atomic mass is 16.5. The van der Waals surface area contributed by atoms with Crippen molar-refractivity contribution in [2.24, 2.45) is 0 Å². The SMILES string of the molecule is c1ccc(-c2ccccc2OC2CC[N]CC2)cc1. The van der Waals surface area contributed by atoms with Gasteiger partial charge in [0.2, 0.25) is 0 Å². The molecule has 1 radical (unpaired) electrons. The third-order valence-corrected chi connectivity index (χ3v) is 3.48. The molecular weight excluding hydrogens is 234 g/mol. The minimum absolute atomic E-state index is 0.308. The summed E-state index contributed by atoms with van der Waals surface area (Å²) >= 11 is 0. The van der Waals surface area contributed by atoms with Gasteiger partial charge >= 0.3 is 0 Å². The van der Waals surface area contributed by atoms with Crippen LogP contribution in [0.5, 0.6) is 5.75 Å². The highest BCUT2D eigenvalue weighted by Gasteiger charge is 2.16. The molecule has 0 spiro atoms. The fourth-order valence-electron chi connectivity index (χ4n) is 2.45. The molecule has 0 aromatic heterocycles. The summed E-state index contributed by atoms with van der Waals surface area (Å²) in [5.74, 6) is 0.987. The summed E-state index contributed by atoms with van der Waals surface area (Å²) < 4.78 is 6.18. The second-order valence-corrected chi connectivity index (χ2v) is 4.85. The van der Waals surface area contributed by atoms with Crippen molar-refractivity contribution in [3.63, 3.8) is 0 Å². The minimum Gasteiger partial charge on any atom is -0.490 e. The zero-order chi connectivity index (χ0) is 12.9. The number of para-hydroxylation sites is 1. The molecule has 1 heterocycles. The Bertz CT molecular complexity index is 518. The summed E-state index contributed by atoms with van der Waals surface area (Å²) in [4.78, 5) is 0. The Labute approximate surface area is 114 Å². The van der Waals surface area contributed by atoms with E-state index in [9.17, 15) is 0 Å². The smallest absolute Gasteiger partial charge is 0.127 e. The van der Waals surface area contributed by atoms with E-state index < -0.39 is 0 Å². The van der Waals surface area contributed by atoms with Crippen molar-refractivity contribution in [1.29, 1.82) is 0 Å². The van der Waals surface area contributed by atoms with Crippen LogP contribution in [-0.2, 0) is 0 Å². The Kier molecular flexibility index (Phi) is 3.80. The first-order valence-corrected chi connectivity index (χ1v) is 6.88. The standard InChI is InChI=1S/C17H18NO/c1-2-6-14(7-3-1)16-8-4-5-9-17(16)19-15-10-12-18-13-11-15/h1-9,15H,10-13H2. The van der Waals surface area contributed by atoms with Crippen LogP contribution in [0, 0.1) is 0 Å². The number of ether oxygens (including phenoxy) is 1. The lowest BCUT2D eigenvalue weighted by molar-refractivity contribution is 0.162. The largest absolute Gasteiger partial charge is 0.490 e. The normalized spacial score (nSPS) is 16.2. The van der Waals surface area contributed by atoms with E-state index in [2.05, 4.69) is 47.8 Å². The third-order valence-electron chi connectivity index (χ3n) is 3.48. The lowest BCUT2D eigenvalue weighted by atomic mass is 10.0. The molecule has 3 rings (SSSR count). The third kappa shape index (κ3) is 2.96. The molecule has 2 aromatic rings. The van der Waals surface area contributed by atoms with E-state index in [-0.39, 0.29) is 0 Å². The minimum atomic E-state index is 0.308. The van der Waals surface area contributed by atoms with E-state index in [4.69, 9.17) is 4.74 Å². The second-order valence-electron chi connectivity index (χ2n) is 4.85. The number of hydrogen-bond acceptors (Lipinski definition) is 1. The number of benzene rings is 2. The molecule has 0 atom stereocenters. The molecule has 0 aliphatic carbocycles. The Balaban J connectivity index is 1.85. The average molecular weight is 252 g/mol. The molecular formula is C17H18NO. The molecule has 2 nitrogen and oxygen atoms in total. The number of nitrogens with zero attached hydrogens (tertiary/aromatic N) is 1. The van der Waals surface area contributed by atoms with Gasteiger partial charge in [0.1, 0.15) is 11.9 Å². The first-order chi connectivity index (χ1) is 9.43. The van der Waals surface area contributed by atoms with Gasteiger partial charge in [-0.2, -0.15) is 0 Å². The summed E-state index contributed by atoms with van der Waals surface area (Å²) in [5, 5.41) is 4.37. The molecule has 2 aromatic carbocycles. The van der Waals surface area contributed by atoms with E-state index in [1.54, 1.807) is 0 Å². The van der Waals surface area contributed by atoms with E-state index in [1.165, 1.54) is 11.1 Å². The van der Waals surface area contributed by atoms with Gasteiger partial charge in [-0.25, -0.2) is 5.32 Å². The van der Waals surface area contributed by atoms with E-state index in [0.29, 0.717) is 6.10 Å². The fourth-order valence-corrected chi connectivity index (χ4v) is 2.45. The summed E-state index contributed by atoms with van der Waals surface area (Å²) in [7, 11) is 0. The molecule has 0 amide bonds. The van der Waals surface area contributed by atoms with Gasteiger partial charge in [0, 0.05) is 18.7 Å². The number of hydrogen-bond donors (Lipinski definition) is 0. The van der Waals surface area contributed by atoms with Gasteiger partial charge in [0.05, 0.1) is 0 Å². The number of piperidine rings is 1. The molecule has 97 valence electrons. The van der Waals surface area contributed by atoms with Crippen LogP contribution < -0.4 is 10.1 Å². The van der Waals surface area contributed by atoms with Crippen LogP contribution in [0.25, 0.3) is 11.1 Å². The van der Waals surface area contributed by atoms with E-state index >= 15 is 0 Å². The Morgan fingerprint density at radius 3 is 2.32 bits per heavy atom. The molecule has 0 saturated carbocycles. The molecule has 19 heavy (non-hydrogen) atoms. The van der Waals surface area contributed by atoms with Crippen LogP contribution in [0.1, 0.15) is 12.8 Å². The fraction of sp³-hybridized carbons (Fsp3) is 0.294. The van der Waals surface area contributed by atoms with E-state index in [0.717, 1.165) is 31.7 Å². The van der Waals surface area contributed by atoms with E-state index in [1.807, 2.05) is 12.1 Å². The molecule has 1 saturated heterocycles. The van der Waals surface area contributed by atoms with Crippen molar-refractivity contribution in [3.05, 3.63) is 54.6 Å². The molecule has 1 fully saturated rings. The topological polar surface area (TPSA) is 23.3 Å². The quantitative estimate of drug-likeness (QED) is 0.820. The summed E-state index contributed by atoms with van der Waals surface area (Å²) in [6.07, 6.45) is 2.37. The van der Waals surface area contributed by atoms with Gasteiger partial charge in [-0.1, -0.05) is 48.5 Å². The maximum atomic E-state index is 6.18. The van der Waals surface area contributed by atoms with Crippen LogP contribution >= 0.6 is 0 Å². The summed E-state index contributed by atoms with van der Waals surface area (Å²) in [6.45, 7) is 1.86. The van der Waals surface area contributed by atoms with Gasteiger partial charge in [0.15, 0.2) is 0 Å². The Hall–Kier alpha value is -1.80. The molecule has 1 aliphatic heterocycles. The zero-order valence-corrected chi connectivity index (χ0v) is 11.0. The van der Waals surface area contributed by atoms with Gasteiger partial charge in [-0.05, 0) is 24.5 Å². The summed E-state index contributed by atoms with van der Waals surface area (Å²) in [5.41, 5.74) is 2.38. The van der Waals surface area contributed by atoms with Crippen molar-refractivity contribution >= 4 is 0 Å². The highest BCUT2D eigenvalue weighted by Crippen LogP contribution is 2.31. The Morgan fingerprint density at radius 2 is 1.53 bits per heavy atom. The van der Waals surface area contributed by atoms with Crippen molar-refractivity contribution in [1.82, 2.24) is 5.32 Å². The average Bonchev–Trinajstić information content (AvgIpc) is 2.50. The van der Waals surface area contributed by atoms with Gasteiger partial charge < -0.3 is 4.74 Å². The second kappa shape index (κ2) is 5.89. The molecule has 1 aliphatic rings. The van der Waals surface area contributed by atoms with Crippen LogP contribution in [0.4, 0.5) is 0 Å². The molecule has 0 unspecified atom stereocenters. The highest BCUT2D eigenvalue weighted by molar-refractivity contribution is 5.70. The lowest BCUT2D eigenvalue weighted by Gasteiger charge is -2.24. The monoisotopic (exact) mass is 252 g/mol. The lowest BCUT2D eigenvalue weighted by Crippen LogP contribution is -2.30. The van der Waals surface area contributed by atoms with Crippen molar-refractivity contribution in [2.75, 3.05) is 13.1 Å². The van der Waals surface area contributed by atoms with Crippen LogP contribution in [-0.4, -0.2) is 19.2 Å². The maximum Gasteiger partial charge on any atom is 0.127 e. The number of rotatable bonds is 3. The molecule has 2 heteroatoms. The summed E-state index contributed by atoms with van der Waals surface area (Å²) in [6, 6.07) is 18.7. The van der Waals surface area contributed by atoms with Gasteiger partial charge in [-0.15, -0.1) is 0 Å². The van der Waals surface area contributed by atoms with Gasteiger partial charge in [-0.3, -0.25) is 0 Å². The van der Waals surface area contributed by atoms with Crippen LogP contribution in [0.3, 0.4) is 0 Å². The first-order valence-electron chi connectivity index (χ1n) is 6.88. The van der Waals surface area contributed by atoms with Crippen LogP contribution in [0.2, 0.25) is 0 Å². The molecule has 0 N–H and O–H groups in total. The molecule has 0 bridgehead atoms. The maximum absolute atomic E-state index is 6.18.